The van der Waals surface area contributed by atoms with Crippen LogP contribution in [0, 0.1) is 0 Å². The number of sulfonamides is 1. The molecule has 1 amide bonds. The van der Waals surface area contributed by atoms with E-state index in [0.717, 1.165) is 17.1 Å². The van der Waals surface area contributed by atoms with Crippen LogP contribution in [-0.2, 0) is 16.6 Å². The second kappa shape index (κ2) is 8.31. The molecule has 0 aliphatic carbocycles. The lowest BCUT2D eigenvalue weighted by molar-refractivity contribution is 0.0876. The second-order valence-electron chi connectivity index (χ2n) is 7.67. The number of amides is 1. The first-order chi connectivity index (χ1) is 15.9. The molecular formula is C22H21N5O4S2. The molecule has 1 aliphatic heterocycles. The van der Waals surface area contributed by atoms with Crippen molar-refractivity contribution < 1.29 is 13.2 Å². The molecule has 9 nitrogen and oxygen atoms in total. The van der Waals surface area contributed by atoms with E-state index in [9.17, 15) is 18.0 Å². The number of rotatable bonds is 7. The molecule has 0 saturated carbocycles. The molecule has 170 valence electrons. The zero-order valence-electron chi connectivity index (χ0n) is 17.8. The smallest absolute Gasteiger partial charge is 0.269 e. The standard InChI is InChI=1S/C22H21N5O4S2/c1-2-3-12-25-19(28)15-8-4-6-10-17(15)27-21(25)23-24-22(27)32-14-13-26-20(29)16-9-5-7-11-18(16)33(26,30)31/h4-11H,2-3,12-14H2,1H3. The van der Waals surface area contributed by atoms with Gasteiger partial charge in [0.25, 0.3) is 21.5 Å². The molecule has 0 N–H and O–H groups in total. The Bertz CT molecular complexity index is 1560. The predicted octanol–water partition coefficient (Wildman–Crippen LogP) is 2.78. The van der Waals surface area contributed by atoms with E-state index in [4.69, 9.17) is 0 Å². The Morgan fingerprint density at radius 2 is 1.73 bits per heavy atom. The lowest BCUT2D eigenvalue weighted by atomic mass is 10.2. The van der Waals surface area contributed by atoms with Crippen LogP contribution in [0.15, 0.2) is 63.4 Å². The average Bonchev–Trinajstić information content (AvgIpc) is 3.32. The zero-order valence-corrected chi connectivity index (χ0v) is 19.5. The van der Waals surface area contributed by atoms with Crippen LogP contribution >= 0.6 is 11.8 Å². The van der Waals surface area contributed by atoms with Crippen LogP contribution in [0.5, 0.6) is 0 Å². The summed E-state index contributed by atoms with van der Waals surface area (Å²) in [4.78, 5) is 25.7. The maximum absolute atomic E-state index is 13.0. The van der Waals surface area contributed by atoms with Gasteiger partial charge in [-0.05, 0) is 30.7 Å². The molecule has 5 rings (SSSR count). The van der Waals surface area contributed by atoms with Crippen molar-refractivity contribution in [1.29, 1.82) is 0 Å². The van der Waals surface area contributed by atoms with E-state index in [-0.39, 0.29) is 22.6 Å². The summed E-state index contributed by atoms with van der Waals surface area (Å²) in [6, 6.07) is 13.5. The summed E-state index contributed by atoms with van der Waals surface area (Å²) in [5, 5.41) is 9.64. The normalized spacial score (nSPS) is 14.9. The molecule has 0 bridgehead atoms. The number of benzene rings is 2. The fourth-order valence-electron chi connectivity index (χ4n) is 4.02. The Morgan fingerprint density at radius 1 is 0.970 bits per heavy atom. The SMILES string of the molecule is CCCCn1c(=O)c2ccccc2n2c(SCCN3C(=O)c4ccccc4S3(=O)=O)nnc12. The van der Waals surface area contributed by atoms with Crippen LogP contribution in [0.3, 0.4) is 0 Å². The minimum atomic E-state index is -3.85. The Kier molecular flexibility index (Phi) is 5.45. The van der Waals surface area contributed by atoms with Crippen molar-refractivity contribution in [2.75, 3.05) is 12.3 Å². The minimum Gasteiger partial charge on any atom is -0.276 e. The van der Waals surface area contributed by atoms with Gasteiger partial charge in [0.2, 0.25) is 5.78 Å². The quantitative estimate of drug-likeness (QED) is 0.372. The van der Waals surface area contributed by atoms with Gasteiger partial charge in [0.1, 0.15) is 4.90 Å². The van der Waals surface area contributed by atoms with Gasteiger partial charge in [0, 0.05) is 18.8 Å². The molecule has 11 heteroatoms. The monoisotopic (exact) mass is 483 g/mol. The van der Waals surface area contributed by atoms with E-state index in [1.165, 1.54) is 23.9 Å². The molecule has 0 spiro atoms. The Labute approximate surface area is 194 Å². The molecule has 0 atom stereocenters. The van der Waals surface area contributed by atoms with Crippen LogP contribution in [0.4, 0.5) is 0 Å². The summed E-state index contributed by atoms with van der Waals surface area (Å²) in [5.41, 5.74) is 0.776. The van der Waals surface area contributed by atoms with Gasteiger partial charge < -0.3 is 0 Å². The maximum atomic E-state index is 13.0. The molecule has 1 aliphatic rings. The van der Waals surface area contributed by atoms with E-state index in [2.05, 4.69) is 17.1 Å². The molecule has 33 heavy (non-hydrogen) atoms. The van der Waals surface area contributed by atoms with Crippen LogP contribution in [-0.4, -0.2) is 50.1 Å². The first-order valence-electron chi connectivity index (χ1n) is 10.6. The number of thioether (sulfide) groups is 1. The van der Waals surface area contributed by atoms with Crippen molar-refractivity contribution in [2.24, 2.45) is 0 Å². The largest absolute Gasteiger partial charge is 0.276 e. The first kappa shape index (κ1) is 21.7. The summed E-state index contributed by atoms with van der Waals surface area (Å²) < 4.78 is 29.9. The number of carbonyl (C=O) groups excluding carboxylic acids is 1. The van der Waals surface area contributed by atoms with Gasteiger partial charge in [-0.3, -0.25) is 18.6 Å². The predicted molar refractivity (Wildman–Crippen MR) is 125 cm³/mol. The van der Waals surface area contributed by atoms with Gasteiger partial charge in [0.05, 0.1) is 16.5 Å². The van der Waals surface area contributed by atoms with E-state index >= 15 is 0 Å². The summed E-state index contributed by atoms with van der Waals surface area (Å²) in [6.45, 7) is 2.59. The van der Waals surface area contributed by atoms with E-state index in [1.54, 1.807) is 22.8 Å². The van der Waals surface area contributed by atoms with Gasteiger partial charge in [-0.2, -0.15) is 0 Å². The molecule has 4 aromatic rings. The van der Waals surface area contributed by atoms with Gasteiger partial charge in [0.15, 0.2) is 5.16 Å². The number of hydrogen-bond acceptors (Lipinski definition) is 7. The Hall–Kier alpha value is -3.18. The Balaban J connectivity index is 1.47. The molecule has 2 aromatic carbocycles. The lowest BCUT2D eigenvalue weighted by Gasteiger charge is -2.14. The zero-order chi connectivity index (χ0) is 23.2. The molecule has 3 heterocycles. The van der Waals surface area contributed by atoms with Gasteiger partial charge in [-0.25, -0.2) is 12.7 Å². The fraction of sp³-hybridized carbons (Fsp3) is 0.273. The first-order valence-corrected chi connectivity index (χ1v) is 13.0. The second-order valence-corrected chi connectivity index (χ2v) is 10.6. The molecule has 0 unspecified atom stereocenters. The molecular weight excluding hydrogens is 462 g/mol. The highest BCUT2D eigenvalue weighted by Gasteiger charge is 2.40. The summed E-state index contributed by atoms with van der Waals surface area (Å²) >= 11 is 1.29. The van der Waals surface area contributed by atoms with E-state index in [1.807, 2.05) is 22.6 Å². The number of aromatic nitrogens is 4. The third kappa shape index (κ3) is 3.42. The van der Waals surface area contributed by atoms with E-state index in [0.29, 0.717) is 34.1 Å². The minimum absolute atomic E-state index is 0.00281. The number of para-hydroxylation sites is 1. The Morgan fingerprint density at radius 3 is 2.52 bits per heavy atom. The van der Waals surface area contributed by atoms with Crippen LogP contribution < -0.4 is 5.56 Å². The highest BCUT2D eigenvalue weighted by atomic mass is 32.2. The highest BCUT2D eigenvalue weighted by molar-refractivity contribution is 7.99. The summed E-state index contributed by atoms with van der Waals surface area (Å²) in [6.07, 6.45) is 1.76. The fourth-order valence-corrected chi connectivity index (χ4v) is 6.57. The van der Waals surface area contributed by atoms with Crippen LogP contribution in [0.1, 0.15) is 30.1 Å². The highest BCUT2D eigenvalue weighted by Crippen LogP contribution is 2.30. The number of hydrogen-bond donors (Lipinski definition) is 0. The van der Waals surface area contributed by atoms with Gasteiger partial charge in [-0.1, -0.05) is 49.4 Å². The topological polar surface area (TPSA) is 107 Å². The summed E-state index contributed by atoms with van der Waals surface area (Å²) in [5.74, 6) is 0.227. The van der Waals surface area contributed by atoms with Crippen molar-refractivity contribution >= 4 is 44.4 Å². The number of unbranched alkanes of at least 4 members (excludes halogenated alkanes) is 1. The molecule has 0 radical (unpaired) electrons. The van der Waals surface area contributed by atoms with Crippen molar-refractivity contribution in [3.05, 3.63) is 64.4 Å². The average molecular weight is 484 g/mol. The third-order valence-corrected chi connectivity index (χ3v) is 8.40. The lowest BCUT2D eigenvalue weighted by Crippen LogP contribution is -2.32. The van der Waals surface area contributed by atoms with Crippen molar-refractivity contribution in [2.45, 2.75) is 36.4 Å². The van der Waals surface area contributed by atoms with Crippen molar-refractivity contribution in [3.63, 3.8) is 0 Å². The number of nitrogens with zero attached hydrogens (tertiary/aromatic N) is 5. The van der Waals surface area contributed by atoms with Gasteiger partial charge >= 0.3 is 0 Å². The third-order valence-electron chi connectivity index (χ3n) is 5.65. The number of aryl methyl sites for hydroxylation is 1. The van der Waals surface area contributed by atoms with Crippen LogP contribution in [0.25, 0.3) is 16.7 Å². The van der Waals surface area contributed by atoms with Gasteiger partial charge in [-0.15, -0.1) is 10.2 Å². The number of carbonyl (C=O) groups is 1. The van der Waals surface area contributed by atoms with Crippen molar-refractivity contribution in [1.82, 2.24) is 23.5 Å². The molecule has 2 aromatic heterocycles. The molecule has 0 saturated heterocycles. The van der Waals surface area contributed by atoms with Crippen LogP contribution in [0.2, 0.25) is 0 Å². The number of fused-ring (bicyclic) bond motifs is 4. The molecule has 0 fully saturated rings. The van der Waals surface area contributed by atoms with Crippen molar-refractivity contribution in [3.8, 4) is 0 Å². The maximum Gasteiger partial charge on any atom is 0.269 e. The van der Waals surface area contributed by atoms with E-state index < -0.39 is 15.9 Å². The summed E-state index contributed by atoms with van der Waals surface area (Å²) in [7, 11) is -3.85.